The summed E-state index contributed by atoms with van der Waals surface area (Å²) < 4.78 is 5.69. The predicted octanol–water partition coefficient (Wildman–Crippen LogP) is 5.89. The van der Waals surface area contributed by atoms with Crippen LogP contribution in [0, 0.1) is 23.7 Å². The maximum absolute atomic E-state index is 14.1. The van der Waals surface area contributed by atoms with E-state index >= 15 is 0 Å². The van der Waals surface area contributed by atoms with Crippen molar-refractivity contribution in [2.75, 3.05) is 29.6 Å². The minimum atomic E-state index is -0.955. The van der Waals surface area contributed by atoms with E-state index < -0.39 is 11.9 Å². The summed E-state index contributed by atoms with van der Waals surface area (Å²) in [6, 6.07) is 11.9. The average molecular weight is 603 g/mol. The highest BCUT2D eigenvalue weighted by atomic mass is 32.1. The van der Waals surface area contributed by atoms with Gasteiger partial charge in [0.2, 0.25) is 11.8 Å². The quantitative estimate of drug-likeness (QED) is 0.308. The summed E-state index contributed by atoms with van der Waals surface area (Å²) in [7, 11) is 0. The zero-order valence-corrected chi connectivity index (χ0v) is 25.5. The van der Waals surface area contributed by atoms with Gasteiger partial charge in [0.25, 0.3) is 0 Å². The first-order valence-electron chi connectivity index (χ1n) is 15.2. The zero-order chi connectivity index (χ0) is 30.1. The number of hydrogen-bond acceptors (Lipinski definition) is 7. The molecule has 3 aliphatic rings. The molecule has 0 radical (unpaired) electrons. The number of nitrogens with zero attached hydrogens (tertiary/aromatic N) is 4. The SMILES string of the molecule is C[C@@H]1COC[C@H](C)C1CC(CC(=O)O)C(=O)N(c1nc(-c2ccccc2-c2ccc(N3CCCC3=O)nc2)cs1)C1CC1. The van der Waals surface area contributed by atoms with Crippen LogP contribution in [0.25, 0.3) is 22.4 Å². The highest BCUT2D eigenvalue weighted by molar-refractivity contribution is 7.14. The Hall–Kier alpha value is -3.63. The molecular formula is C33H38N4O5S. The van der Waals surface area contributed by atoms with Crippen LogP contribution in [0.4, 0.5) is 10.9 Å². The number of aromatic nitrogens is 2. The van der Waals surface area contributed by atoms with Gasteiger partial charge in [0.05, 0.1) is 12.1 Å². The van der Waals surface area contributed by atoms with Gasteiger partial charge in [-0.25, -0.2) is 9.97 Å². The number of carbonyl (C=O) groups excluding carboxylic acids is 2. The molecule has 2 aromatic heterocycles. The van der Waals surface area contributed by atoms with Crippen molar-refractivity contribution in [1.29, 1.82) is 0 Å². The summed E-state index contributed by atoms with van der Waals surface area (Å²) in [5.74, 6) is -0.172. The van der Waals surface area contributed by atoms with Crippen LogP contribution >= 0.6 is 11.3 Å². The molecule has 2 saturated heterocycles. The van der Waals surface area contributed by atoms with Gasteiger partial charge in [-0.1, -0.05) is 38.1 Å². The molecule has 1 N–H and O–H groups in total. The molecule has 2 aliphatic heterocycles. The van der Waals surface area contributed by atoms with Gasteiger partial charge in [0.15, 0.2) is 5.13 Å². The van der Waals surface area contributed by atoms with E-state index in [9.17, 15) is 19.5 Å². The fraction of sp³-hybridized carbons (Fsp3) is 0.485. The first-order chi connectivity index (χ1) is 20.8. The van der Waals surface area contributed by atoms with Crippen molar-refractivity contribution in [1.82, 2.24) is 9.97 Å². The number of pyridine rings is 1. The van der Waals surface area contributed by atoms with Crippen LogP contribution in [0.3, 0.4) is 0 Å². The lowest BCUT2D eigenvalue weighted by atomic mass is 9.75. The lowest BCUT2D eigenvalue weighted by Gasteiger charge is -2.37. The summed E-state index contributed by atoms with van der Waals surface area (Å²) in [4.78, 5) is 51.2. The Bertz CT molecular complexity index is 1480. The molecule has 0 bridgehead atoms. The lowest BCUT2D eigenvalue weighted by Crippen LogP contribution is -2.42. The number of rotatable bonds is 10. The molecule has 0 spiro atoms. The third-order valence-corrected chi connectivity index (χ3v) is 9.85. The Kier molecular flexibility index (Phi) is 8.59. The van der Waals surface area contributed by atoms with Crippen LogP contribution in [-0.2, 0) is 19.1 Å². The molecule has 2 amide bonds. The van der Waals surface area contributed by atoms with E-state index in [2.05, 4.69) is 18.8 Å². The maximum Gasteiger partial charge on any atom is 0.304 e. The lowest BCUT2D eigenvalue weighted by molar-refractivity contribution is -0.141. The monoisotopic (exact) mass is 602 g/mol. The third-order valence-electron chi connectivity index (χ3n) is 9.01. The van der Waals surface area contributed by atoms with Gasteiger partial charge in [-0.05, 0) is 61.1 Å². The third kappa shape index (κ3) is 6.35. The molecular weight excluding hydrogens is 564 g/mol. The highest BCUT2D eigenvalue weighted by Crippen LogP contribution is 2.41. The number of carboxylic acids is 1. The van der Waals surface area contributed by atoms with Crippen molar-refractivity contribution >= 4 is 40.1 Å². The Morgan fingerprint density at radius 3 is 2.49 bits per heavy atom. The van der Waals surface area contributed by atoms with E-state index in [1.54, 1.807) is 16.0 Å². The first kappa shape index (κ1) is 29.4. The number of benzene rings is 1. The van der Waals surface area contributed by atoms with E-state index in [0.717, 1.165) is 41.6 Å². The summed E-state index contributed by atoms with van der Waals surface area (Å²) >= 11 is 1.42. The number of carboxylic acid groups (broad SMARTS) is 1. The molecule has 10 heteroatoms. The molecule has 1 aromatic carbocycles. The number of hydrogen-bond donors (Lipinski definition) is 1. The molecule has 1 saturated carbocycles. The molecule has 4 atom stereocenters. The van der Waals surface area contributed by atoms with Gasteiger partial charge < -0.3 is 9.84 Å². The topological polar surface area (TPSA) is 113 Å². The van der Waals surface area contributed by atoms with Crippen LogP contribution in [0.1, 0.15) is 52.4 Å². The summed E-state index contributed by atoms with van der Waals surface area (Å²) in [6.45, 7) is 6.22. The van der Waals surface area contributed by atoms with Crippen LogP contribution in [-0.4, -0.2) is 58.7 Å². The second kappa shape index (κ2) is 12.5. The van der Waals surface area contributed by atoms with Crippen LogP contribution in [0.2, 0.25) is 0 Å². The Morgan fingerprint density at radius 2 is 1.86 bits per heavy atom. The van der Waals surface area contributed by atoms with Gasteiger partial charge >= 0.3 is 5.97 Å². The van der Waals surface area contributed by atoms with Crippen LogP contribution in [0.15, 0.2) is 48.0 Å². The Balaban J connectivity index is 1.26. The van der Waals surface area contributed by atoms with Gasteiger partial charge in [0.1, 0.15) is 5.82 Å². The maximum atomic E-state index is 14.1. The van der Waals surface area contributed by atoms with E-state index in [1.807, 2.05) is 41.8 Å². The molecule has 6 rings (SSSR count). The summed E-state index contributed by atoms with van der Waals surface area (Å²) in [5.41, 5.74) is 3.56. The molecule has 9 nitrogen and oxygen atoms in total. The van der Waals surface area contributed by atoms with Crippen molar-refractivity contribution in [3.05, 3.63) is 48.0 Å². The number of aliphatic carboxylic acids is 1. The molecule has 3 fully saturated rings. The highest BCUT2D eigenvalue weighted by Gasteiger charge is 2.41. The van der Waals surface area contributed by atoms with Gasteiger partial charge in [0, 0.05) is 60.8 Å². The predicted molar refractivity (Wildman–Crippen MR) is 166 cm³/mol. The zero-order valence-electron chi connectivity index (χ0n) is 24.6. The number of anilines is 2. The number of carbonyl (C=O) groups is 3. The Morgan fingerprint density at radius 1 is 1.12 bits per heavy atom. The number of amides is 2. The minimum absolute atomic E-state index is 0.0487. The minimum Gasteiger partial charge on any atom is -0.481 e. The number of ether oxygens (including phenoxy) is 1. The number of thiazole rings is 1. The smallest absolute Gasteiger partial charge is 0.304 e. The van der Waals surface area contributed by atoms with E-state index in [4.69, 9.17) is 9.72 Å². The standard InChI is InChI=1S/C33H38N4O5S/c1-20-17-42-18-21(2)27(20)14-23(15-31(39)40)32(41)37(24-10-11-24)33-35-28(19-43-33)26-7-4-3-6-25(26)22-9-12-29(34-16-22)36-13-5-8-30(36)38/h3-4,6-7,9,12,16,19-21,23-24,27H,5,8,10-11,13-15,17-18H2,1-2H3,(H,39,40)/t20-,21+,23?,27?. The van der Waals surface area contributed by atoms with Gasteiger partial charge in [-0.15, -0.1) is 11.3 Å². The Labute approximate surface area is 255 Å². The normalized spacial score (nSPS) is 22.9. The van der Waals surface area contributed by atoms with Crippen molar-refractivity contribution in [3.63, 3.8) is 0 Å². The first-order valence-corrected chi connectivity index (χ1v) is 16.1. The molecule has 4 heterocycles. The average Bonchev–Trinajstić information content (AvgIpc) is 3.54. The molecule has 2 unspecified atom stereocenters. The van der Waals surface area contributed by atoms with Gasteiger partial charge in [-0.2, -0.15) is 0 Å². The largest absolute Gasteiger partial charge is 0.481 e. The van der Waals surface area contributed by atoms with Crippen molar-refractivity contribution in [2.24, 2.45) is 23.7 Å². The van der Waals surface area contributed by atoms with Crippen molar-refractivity contribution in [2.45, 2.75) is 58.4 Å². The fourth-order valence-corrected chi connectivity index (χ4v) is 7.44. The van der Waals surface area contributed by atoms with Crippen LogP contribution < -0.4 is 9.80 Å². The molecule has 1 aliphatic carbocycles. The molecule has 3 aromatic rings. The van der Waals surface area contributed by atoms with E-state index in [0.29, 0.717) is 43.5 Å². The van der Waals surface area contributed by atoms with E-state index in [-0.39, 0.29) is 42.0 Å². The van der Waals surface area contributed by atoms with Gasteiger partial charge in [-0.3, -0.25) is 24.2 Å². The fourth-order valence-electron chi connectivity index (χ4n) is 6.54. The van der Waals surface area contributed by atoms with Crippen molar-refractivity contribution < 1.29 is 24.2 Å². The van der Waals surface area contributed by atoms with Crippen LogP contribution in [0.5, 0.6) is 0 Å². The summed E-state index contributed by atoms with van der Waals surface area (Å²) in [5, 5.41) is 12.3. The second-order valence-corrected chi connectivity index (χ2v) is 13.1. The van der Waals surface area contributed by atoms with Crippen molar-refractivity contribution in [3.8, 4) is 22.4 Å². The van der Waals surface area contributed by atoms with E-state index in [1.165, 1.54) is 11.3 Å². The molecule has 43 heavy (non-hydrogen) atoms. The summed E-state index contributed by atoms with van der Waals surface area (Å²) in [6.07, 6.45) is 5.32. The second-order valence-electron chi connectivity index (χ2n) is 12.2. The molecule has 226 valence electrons.